The van der Waals surface area contributed by atoms with Gasteiger partial charge in [0.1, 0.15) is 0 Å². The summed E-state index contributed by atoms with van der Waals surface area (Å²) in [6, 6.07) is -0.717. The summed E-state index contributed by atoms with van der Waals surface area (Å²) in [5.41, 5.74) is -0.779. The lowest BCUT2D eigenvalue weighted by molar-refractivity contribution is -0.178. The summed E-state index contributed by atoms with van der Waals surface area (Å²) in [7, 11) is 1.43. The number of amides is 1. The molecule has 100 valence electrons. The number of methoxy groups -OCH3 is 1. The fourth-order valence-electron chi connectivity index (χ4n) is 1.94. The van der Waals surface area contributed by atoms with Crippen molar-refractivity contribution in [1.29, 1.82) is 0 Å². The minimum absolute atomic E-state index is 0.417. The highest BCUT2D eigenvalue weighted by molar-refractivity contribution is 5.82. The fraction of sp³-hybridized carbons (Fsp3) is 0.900. The number of alkyl halides is 3. The number of ether oxygens (including phenoxy) is 2. The Morgan fingerprint density at radius 2 is 1.94 bits per heavy atom. The average Bonchev–Trinajstić information content (AvgIpc) is 2.28. The Bertz CT molecular complexity index is 274. The minimum atomic E-state index is -4.87. The zero-order chi connectivity index (χ0) is 13.1. The lowest BCUT2D eigenvalue weighted by Gasteiger charge is -2.40. The zero-order valence-electron chi connectivity index (χ0n) is 9.76. The van der Waals surface area contributed by atoms with Crippen LogP contribution in [0.25, 0.3) is 0 Å². The Hall–Kier alpha value is -0.820. The van der Waals surface area contributed by atoms with E-state index in [2.05, 4.69) is 0 Å². The second-order valence-electron chi connectivity index (χ2n) is 4.07. The predicted octanol–water partition coefficient (Wildman–Crippen LogP) is 1.25. The first-order chi connectivity index (χ1) is 7.82. The van der Waals surface area contributed by atoms with Crippen LogP contribution in [0.15, 0.2) is 0 Å². The molecule has 17 heavy (non-hydrogen) atoms. The number of carbonyl (C=O) groups is 1. The van der Waals surface area contributed by atoms with Crippen LogP contribution >= 0.6 is 0 Å². The summed E-state index contributed by atoms with van der Waals surface area (Å²) in [6.07, 6.45) is -3.94. The first kappa shape index (κ1) is 14.2. The molecule has 1 aliphatic rings. The van der Waals surface area contributed by atoms with E-state index in [0.717, 1.165) is 0 Å². The first-order valence-electron chi connectivity index (χ1n) is 5.32. The zero-order valence-corrected chi connectivity index (χ0v) is 9.76. The van der Waals surface area contributed by atoms with Crippen LogP contribution in [-0.4, -0.2) is 44.0 Å². The summed E-state index contributed by atoms with van der Waals surface area (Å²) < 4.78 is 46.8. The standard InChI is InChI=1S/C10H16F3NO3/c1-7(14-8(15)10(11,12)13)9(16-2)3-5-17-6-4-9/h7H,3-6H2,1-2H3,(H,14,15). The van der Waals surface area contributed by atoms with E-state index in [-0.39, 0.29) is 0 Å². The molecule has 4 nitrogen and oxygen atoms in total. The van der Waals surface area contributed by atoms with Crippen LogP contribution in [-0.2, 0) is 14.3 Å². The van der Waals surface area contributed by atoms with E-state index in [4.69, 9.17) is 9.47 Å². The topological polar surface area (TPSA) is 47.6 Å². The lowest BCUT2D eigenvalue weighted by Crippen LogP contribution is -2.57. The molecule has 7 heteroatoms. The van der Waals surface area contributed by atoms with Crippen molar-refractivity contribution in [2.75, 3.05) is 20.3 Å². The highest BCUT2D eigenvalue weighted by Gasteiger charge is 2.44. The number of nitrogens with one attached hydrogen (secondary N) is 1. The van der Waals surface area contributed by atoms with Gasteiger partial charge in [0.05, 0.1) is 11.6 Å². The van der Waals surface area contributed by atoms with Crippen LogP contribution in [0, 0.1) is 0 Å². The molecule has 0 spiro atoms. The predicted molar refractivity (Wildman–Crippen MR) is 53.5 cm³/mol. The molecule has 0 radical (unpaired) electrons. The maximum atomic E-state index is 12.1. The molecule has 1 saturated heterocycles. The van der Waals surface area contributed by atoms with Gasteiger partial charge in [-0.15, -0.1) is 0 Å². The monoisotopic (exact) mass is 255 g/mol. The molecule has 0 aliphatic carbocycles. The average molecular weight is 255 g/mol. The maximum Gasteiger partial charge on any atom is 0.471 e. The van der Waals surface area contributed by atoms with Crippen molar-refractivity contribution in [3.63, 3.8) is 0 Å². The maximum absolute atomic E-state index is 12.1. The summed E-state index contributed by atoms with van der Waals surface area (Å²) >= 11 is 0. The highest BCUT2D eigenvalue weighted by atomic mass is 19.4. The van der Waals surface area contributed by atoms with Crippen molar-refractivity contribution in [3.05, 3.63) is 0 Å². The van der Waals surface area contributed by atoms with Crippen molar-refractivity contribution < 1.29 is 27.4 Å². The Labute approximate surface area is 97.5 Å². The quantitative estimate of drug-likeness (QED) is 0.825. The molecule has 1 rings (SSSR count). The van der Waals surface area contributed by atoms with E-state index >= 15 is 0 Å². The van der Waals surface area contributed by atoms with Gasteiger partial charge < -0.3 is 14.8 Å². The largest absolute Gasteiger partial charge is 0.471 e. The van der Waals surface area contributed by atoms with Crippen molar-refractivity contribution in [2.45, 2.75) is 37.6 Å². The van der Waals surface area contributed by atoms with Gasteiger partial charge in [0.2, 0.25) is 0 Å². The summed E-state index contributed by atoms with van der Waals surface area (Å²) in [5.74, 6) is -1.94. The second kappa shape index (κ2) is 5.22. The Balaban J connectivity index is 2.66. The van der Waals surface area contributed by atoms with Gasteiger partial charge in [-0.25, -0.2) is 0 Å². The normalized spacial score (nSPS) is 21.9. The van der Waals surface area contributed by atoms with Gasteiger partial charge in [-0.1, -0.05) is 0 Å². The van der Waals surface area contributed by atoms with Gasteiger partial charge in [0.25, 0.3) is 0 Å². The van der Waals surface area contributed by atoms with E-state index < -0.39 is 23.7 Å². The molecule has 0 saturated carbocycles. The number of carbonyl (C=O) groups excluding carboxylic acids is 1. The lowest BCUT2D eigenvalue weighted by atomic mass is 9.87. The van der Waals surface area contributed by atoms with Crippen molar-refractivity contribution in [3.8, 4) is 0 Å². The van der Waals surface area contributed by atoms with Gasteiger partial charge >= 0.3 is 12.1 Å². The van der Waals surface area contributed by atoms with Crippen molar-refractivity contribution in [1.82, 2.24) is 5.32 Å². The molecule has 1 aliphatic heterocycles. The molecule has 1 atom stereocenters. The van der Waals surface area contributed by atoms with Gasteiger partial charge in [-0.3, -0.25) is 4.79 Å². The number of hydrogen-bond donors (Lipinski definition) is 1. The van der Waals surface area contributed by atoms with Crippen molar-refractivity contribution in [2.24, 2.45) is 0 Å². The molecule has 1 unspecified atom stereocenters. The number of rotatable bonds is 3. The van der Waals surface area contributed by atoms with E-state index in [1.165, 1.54) is 14.0 Å². The molecule has 0 aromatic carbocycles. The van der Waals surface area contributed by atoms with Crippen LogP contribution in [0.2, 0.25) is 0 Å². The van der Waals surface area contributed by atoms with Crippen LogP contribution in [0.5, 0.6) is 0 Å². The third kappa shape index (κ3) is 3.32. The molecule has 1 N–H and O–H groups in total. The molecule has 0 aromatic rings. The highest BCUT2D eigenvalue weighted by Crippen LogP contribution is 2.28. The minimum Gasteiger partial charge on any atom is -0.381 e. The van der Waals surface area contributed by atoms with Crippen LogP contribution in [0.3, 0.4) is 0 Å². The summed E-state index contributed by atoms with van der Waals surface area (Å²) in [4.78, 5) is 10.9. The van der Waals surface area contributed by atoms with Gasteiger partial charge in [0, 0.05) is 33.2 Å². The smallest absolute Gasteiger partial charge is 0.381 e. The van der Waals surface area contributed by atoms with Gasteiger partial charge in [-0.2, -0.15) is 13.2 Å². The summed E-state index contributed by atoms with van der Waals surface area (Å²) in [5, 5.41) is 1.94. The van der Waals surface area contributed by atoms with Crippen LogP contribution in [0.4, 0.5) is 13.2 Å². The van der Waals surface area contributed by atoms with Crippen LogP contribution < -0.4 is 5.32 Å². The third-order valence-corrected chi connectivity index (χ3v) is 3.14. The van der Waals surface area contributed by atoms with E-state index in [1.807, 2.05) is 5.32 Å². The fourth-order valence-corrected chi connectivity index (χ4v) is 1.94. The Kier molecular flexibility index (Phi) is 4.37. The first-order valence-corrected chi connectivity index (χ1v) is 5.32. The molecule has 1 heterocycles. The Morgan fingerprint density at radius 1 is 1.41 bits per heavy atom. The second-order valence-corrected chi connectivity index (χ2v) is 4.07. The van der Waals surface area contributed by atoms with E-state index in [1.54, 1.807) is 0 Å². The van der Waals surface area contributed by atoms with Crippen LogP contribution in [0.1, 0.15) is 19.8 Å². The van der Waals surface area contributed by atoms with E-state index in [9.17, 15) is 18.0 Å². The van der Waals surface area contributed by atoms with Gasteiger partial charge in [-0.05, 0) is 6.92 Å². The van der Waals surface area contributed by atoms with E-state index in [0.29, 0.717) is 26.1 Å². The van der Waals surface area contributed by atoms with Gasteiger partial charge in [0.15, 0.2) is 0 Å². The number of hydrogen-bond acceptors (Lipinski definition) is 3. The summed E-state index contributed by atoms with van der Waals surface area (Å²) in [6.45, 7) is 2.35. The molecular formula is C10H16F3NO3. The molecular weight excluding hydrogens is 239 g/mol. The van der Waals surface area contributed by atoms with Crippen molar-refractivity contribution >= 4 is 5.91 Å². The molecule has 0 aromatic heterocycles. The molecule has 1 amide bonds. The number of halogens is 3. The molecule has 0 bridgehead atoms. The SMILES string of the molecule is COC1(C(C)NC(=O)C(F)(F)F)CCOCC1. The third-order valence-electron chi connectivity index (χ3n) is 3.14. The Morgan fingerprint density at radius 3 is 2.35 bits per heavy atom. The molecule has 1 fully saturated rings.